The van der Waals surface area contributed by atoms with Crippen LogP contribution in [0.1, 0.15) is 32.3 Å². The SMILES string of the molecule is CCOCCN(C)C(=O)C[C@H](C)CCc1ccccc1. The molecule has 3 heteroatoms. The highest BCUT2D eigenvalue weighted by atomic mass is 16.5. The van der Waals surface area contributed by atoms with Crippen molar-refractivity contribution in [2.45, 2.75) is 33.1 Å². The van der Waals surface area contributed by atoms with Crippen molar-refractivity contribution in [2.75, 3.05) is 26.8 Å². The van der Waals surface area contributed by atoms with Crippen molar-refractivity contribution in [3.63, 3.8) is 0 Å². The van der Waals surface area contributed by atoms with E-state index in [0.717, 1.165) is 12.8 Å². The largest absolute Gasteiger partial charge is 0.380 e. The van der Waals surface area contributed by atoms with Gasteiger partial charge < -0.3 is 9.64 Å². The Kier molecular flexibility index (Phi) is 7.97. The second kappa shape index (κ2) is 9.54. The number of hydrogen-bond acceptors (Lipinski definition) is 2. The molecule has 0 fully saturated rings. The zero-order valence-electron chi connectivity index (χ0n) is 13.0. The van der Waals surface area contributed by atoms with Crippen LogP contribution in [0, 0.1) is 5.92 Å². The van der Waals surface area contributed by atoms with Crippen molar-refractivity contribution in [1.82, 2.24) is 4.90 Å². The molecule has 1 rings (SSSR count). The first-order valence-electron chi connectivity index (χ1n) is 7.49. The minimum Gasteiger partial charge on any atom is -0.380 e. The van der Waals surface area contributed by atoms with E-state index in [1.54, 1.807) is 4.90 Å². The Bertz CT molecular complexity index is 378. The van der Waals surface area contributed by atoms with Crippen LogP contribution in [0.15, 0.2) is 30.3 Å². The normalized spacial score (nSPS) is 12.2. The minimum absolute atomic E-state index is 0.213. The molecule has 1 aromatic carbocycles. The number of nitrogens with zero attached hydrogens (tertiary/aromatic N) is 1. The molecule has 20 heavy (non-hydrogen) atoms. The maximum atomic E-state index is 12.0. The molecule has 0 spiro atoms. The lowest BCUT2D eigenvalue weighted by atomic mass is 9.98. The molecule has 0 saturated carbocycles. The van der Waals surface area contributed by atoms with Gasteiger partial charge in [-0.15, -0.1) is 0 Å². The lowest BCUT2D eigenvalue weighted by Crippen LogP contribution is -2.31. The van der Waals surface area contributed by atoms with Gasteiger partial charge in [0.2, 0.25) is 5.91 Å². The molecule has 0 N–H and O–H groups in total. The van der Waals surface area contributed by atoms with E-state index in [4.69, 9.17) is 4.74 Å². The van der Waals surface area contributed by atoms with E-state index in [1.807, 2.05) is 20.0 Å². The molecular formula is C17H27NO2. The highest BCUT2D eigenvalue weighted by Gasteiger charge is 2.13. The average Bonchev–Trinajstić information content (AvgIpc) is 2.46. The smallest absolute Gasteiger partial charge is 0.222 e. The van der Waals surface area contributed by atoms with Crippen molar-refractivity contribution in [1.29, 1.82) is 0 Å². The topological polar surface area (TPSA) is 29.5 Å². The Labute approximate surface area is 122 Å². The van der Waals surface area contributed by atoms with E-state index in [-0.39, 0.29) is 5.91 Å². The first-order chi connectivity index (χ1) is 9.63. The Morgan fingerprint density at radius 2 is 2.00 bits per heavy atom. The molecule has 0 unspecified atom stereocenters. The molecule has 3 nitrogen and oxygen atoms in total. The molecule has 112 valence electrons. The van der Waals surface area contributed by atoms with Gasteiger partial charge in [-0.2, -0.15) is 0 Å². The molecule has 0 aromatic heterocycles. The summed E-state index contributed by atoms with van der Waals surface area (Å²) in [6.07, 6.45) is 2.71. The lowest BCUT2D eigenvalue weighted by molar-refractivity contribution is -0.131. The third-order valence-electron chi connectivity index (χ3n) is 3.49. The number of rotatable bonds is 9. The van der Waals surface area contributed by atoms with E-state index in [2.05, 4.69) is 31.2 Å². The van der Waals surface area contributed by atoms with Crippen LogP contribution in [0.4, 0.5) is 0 Å². The van der Waals surface area contributed by atoms with Gasteiger partial charge in [-0.25, -0.2) is 0 Å². The number of carbonyl (C=O) groups is 1. The molecule has 0 saturated heterocycles. The van der Waals surface area contributed by atoms with Crippen LogP contribution in [0.3, 0.4) is 0 Å². The first kappa shape index (κ1) is 16.7. The van der Waals surface area contributed by atoms with Gasteiger partial charge in [0.05, 0.1) is 6.61 Å². The first-order valence-corrected chi connectivity index (χ1v) is 7.49. The van der Waals surface area contributed by atoms with Crippen LogP contribution in [0.2, 0.25) is 0 Å². The molecule has 1 atom stereocenters. The summed E-state index contributed by atoms with van der Waals surface area (Å²) in [5, 5.41) is 0. The fourth-order valence-electron chi connectivity index (χ4n) is 2.08. The zero-order valence-corrected chi connectivity index (χ0v) is 13.0. The van der Waals surface area contributed by atoms with Gasteiger partial charge in [-0.05, 0) is 31.2 Å². The van der Waals surface area contributed by atoms with Crippen LogP contribution >= 0.6 is 0 Å². The number of hydrogen-bond donors (Lipinski definition) is 0. The fourth-order valence-corrected chi connectivity index (χ4v) is 2.08. The minimum atomic E-state index is 0.213. The van der Waals surface area contributed by atoms with Crippen molar-refractivity contribution in [3.8, 4) is 0 Å². The third kappa shape index (κ3) is 6.71. The summed E-state index contributed by atoms with van der Waals surface area (Å²) in [5.74, 6) is 0.627. The van der Waals surface area contributed by atoms with E-state index in [9.17, 15) is 4.79 Å². The number of aryl methyl sites for hydroxylation is 1. The summed E-state index contributed by atoms with van der Waals surface area (Å²) < 4.78 is 5.27. The average molecular weight is 277 g/mol. The molecule has 0 radical (unpaired) electrons. The van der Waals surface area contributed by atoms with Crippen molar-refractivity contribution >= 4 is 5.91 Å². The van der Waals surface area contributed by atoms with E-state index >= 15 is 0 Å². The number of ether oxygens (including phenoxy) is 1. The fraction of sp³-hybridized carbons (Fsp3) is 0.588. The molecule has 0 aliphatic heterocycles. The quantitative estimate of drug-likeness (QED) is 0.649. The van der Waals surface area contributed by atoms with Gasteiger partial charge in [0.15, 0.2) is 0 Å². The van der Waals surface area contributed by atoms with Crippen LogP contribution < -0.4 is 0 Å². The molecular weight excluding hydrogens is 250 g/mol. The van der Waals surface area contributed by atoms with Crippen LogP contribution in [-0.4, -0.2) is 37.6 Å². The van der Waals surface area contributed by atoms with E-state index < -0.39 is 0 Å². The molecule has 1 amide bonds. The van der Waals surface area contributed by atoms with Gasteiger partial charge in [0.25, 0.3) is 0 Å². The predicted octanol–water partition coefficient (Wildman–Crippen LogP) is 3.14. The Morgan fingerprint density at radius 3 is 2.65 bits per heavy atom. The highest BCUT2D eigenvalue weighted by molar-refractivity contribution is 5.76. The molecule has 0 aliphatic rings. The summed E-state index contributed by atoms with van der Waals surface area (Å²) in [4.78, 5) is 13.8. The van der Waals surface area contributed by atoms with Crippen LogP contribution in [-0.2, 0) is 16.0 Å². The van der Waals surface area contributed by atoms with Gasteiger partial charge in [0.1, 0.15) is 0 Å². The number of carbonyl (C=O) groups excluding carboxylic acids is 1. The molecule has 0 heterocycles. The molecule has 0 aliphatic carbocycles. The van der Waals surface area contributed by atoms with Crippen LogP contribution in [0.5, 0.6) is 0 Å². The molecule has 1 aromatic rings. The lowest BCUT2D eigenvalue weighted by Gasteiger charge is -2.19. The summed E-state index contributed by atoms with van der Waals surface area (Å²) in [6, 6.07) is 10.4. The predicted molar refractivity (Wildman–Crippen MR) is 82.7 cm³/mol. The number of amides is 1. The van der Waals surface area contributed by atoms with Crippen LogP contribution in [0.25, 0.3) is 0 Å². The number of likely N-dealkylation sites (N-methyl/N-ethyl adjacent to an activating group) is 1. The highest BCUT2D eigenvalue weighted by Crippen LogP contribution is 2.13. The third-order valence-corrected chi connectivity index (χ3v) is 3.49. The van der Waals surface area contributed by atoms with Gasteiger partial charge in [-0.3, -0.25) is 4.79 Å². The summed E-state index contributed by atoms with van der Waals surface area (Å²) >= 11 is 0. The van der Waals surface area contributed by atoms with Gasteiger partial charge in [0, 0.05) is 26.6 Å². The van der Waals surface area contributed by atoms with Gasteiger partial charge in [-0.1, -0.05) is 37.3 Å². The zero-order chi connectivity index (χ0) is 14.8. The van der Waals surface area contributed by atoms with E-state index in [1.165, 1.54) is 5.56 Å². The second-order valence-electron chi connectivity index (χ2n) is 5.35. The summed E-state index contributed by atoms with van der Waals surface area (Å²) in [7, 11) is 1.85. The standard InChI is InChI=1S/C17H27NO2/c1-4-20-13-12-18(3)17(19)14-15(2)10-11-16-8-6-5-7-9-16/h5-9,15H,4,10-14H2,1-3H3/t15-/m1/s1. The maximum Gasteiger partial charge on any atom is 0.222 e. The summed E-state index contributed by atoms with van der Waals surface area (Å²) in [6.45, 7) is 6.12. The van der Waals surface area contributed by atoms with Crippen molar-refractivity contribution in [2.24, 2.45) is 5.92 Å². The Hall–Kier alpha value is -1.35. The van der Waals surface area contributed by atoms with E-state index in [0.29, 0.717) is 32.1 Å². The van der Waals surface area contributed by atoms with Crippen molar-refractivity contribution < 1.29 is 9.53 Å². The Morgan fingerprint density at radius 1 is 1.30 bits per heavy atom. The monoisotopic (exact) mass is 277 g/mol. The Balaban J connectivity index is 2.23. The molecule has 0 bridgehead atoms. The maximum absolute atomic E-state index is 12.0. The van der Waals surface area contributed by atoms with Crippen molar-refractivity contribution in [3.05, 3.63) is 35.9 Å². The second-order valence-corrected chi connectivity index (χ2v) is 5.35. The van der Waals surface area contributed by atoms with Gasteiger partial charge >= 0.3 is 0 Å². The number of benzene rings is 1. The summed E-state index contributed by atoms with van der Waals surface area (Å²) in [5.41, 5.74) is 1.34.